The molecule has 0 bridgehead atoms. The molecule has 1 heterocycles. The second kappa shape index (κ2) is 5.69. The van der Waals surface area contributed by atoms with Crippen molar-refractivity contribution in [1.82, 2.24) is 5.48 Å². The Morgan fingerprint density at radius 2 is 1.74 bits per heavy atom. The van der Waals surface area contributed by atoms with Crippen LogP contribution in [0.2, 0.25) is 0 Å². The van der Waals surface area contributed by atoms with Gasteiger partial charge in [0, 0.05) is 5.39 Å². The molecule has 19 heavy (non-hydrogen) atoms. The molecule has 0 unspecified atom stereocenters. The Morgan fingerprint density at radius 1 is 0.947 bits per heavy atom. The van der Waals surface area contributed by atoms with Gasteiger partial charge in [0.2, 0.25) is 0 Å². The number of furan rings is 1. The Kier molecular flexibility index (Phi) is 3.58. The lowest BCUT2D eigenvalue weighted by atomic mass is 10.2. The van der Waals surface area contributed by atoms with E-state index < -0.39 is 0 Å². The summed E-state index contributed by atoms with van der Waals surface area (Å²) in [5, 5.41) is 1.11. The van der Waals surface area contributed by atoms with Crippen molar-refractivity contribution in [2.24, 2.45) is 0 Å². The maximum Gasteiger partial charge on any atom is 0.134 e. The fourth-order valence-corrected chi connectivity index (χ4v) is 1.95. The highest BCUT2D eigenvalue weighted by atomic mass is 16.6. The molecule has 3 aromatic rings. The fourth-order valence-electron chi connectivity index (χ4n) is 1.95. The molecule has 0 aliphatic rings. The summed E-state index contributed by atoms with van der Waals surface area (Å²) in [6.45, 7) is 1.10. The predicted octanol–water partition coefficient (Wildman–Crippen LogP) is 3.65. The van der Waals surface area contributed by atoms with Crippen molar-refractivity contribution in [1.29, 1.82) is 0 Å². The van der Waals surface area contributed by atoms with Gasteiger partial charge in [-0.1, -0.05) is 48.5 Å². The van der Waals surface area contributed by atoms with Gasteiger partial charge in [0.25, 0.3) is 0 Å². The average molecular weight is 253 g/mol. The normalized spacial score (nSPS) is 10.9. The van der Waals surface area contributed by atoms with Gasteiger partial charge >= 0.3 is 0 Å². The Bertz CT molecular complexity index is 613. The lowest BCUT2D eigenvalue weighted by Crippen LogP contribution is -2.13. The molecular weight excluding hydrogens is 238 g/mol. The quantitative estimate of drug-likeness (QED) is 0.556. The molecule has 0 spiro atoms. The van der Waals surface area contributed by atoms with Gasteiger partial charge in [-0.25, -0.2) is 0 Å². The van der Waals surface area contributed by atoms with Crippen molar-refractivity contribution in [3.63, 3.8) is 0 Å². The maximum atomic E-state index is 5.68. The second-order valence-electron chi connectivity index (χ2n) is 4.35. The van der Waals surface area contributed by atoms with Crippen LogP contribution < -0.4 is 5.48 Å². The zero-order valence-electron chi connectivity index (χ0n) is 10.5. The van der Waals surface area contributed by atoms with Crippen LogP contribution in [0.4, 0.5) is 0 Å². The van der Waals surface area contributed by atoms with E-state index >= 15 is 0 Å². The molecule has 3 nitrogen and oxygen atoms in total. The largest absolute Gasteiger partial charge is 0.460 e. The lowest BCUT2D eigenvalue weighted by Gasteiger charge is -2.03. The molecule has 0 radical (unpaired) electrons. The summed E-state index contributed by atoms with van der Waals surface area (Å²) in [5.41, 5.74) is 4.96. The number of para-hydroxylation sites is 1. The van der Waals surface area contributed by atoms with E-state index in [4.69, 9.17) is 9.25 Å². The third-order valence-corrected chi connectivity index (χ3v) is 2.91. The summed E-state index contributed by atoms with van der Waals surface area (Å²) in [6, 6.07) is 20.0. The molecule has 0 fully saturated rings. The van der Waals surface area contributed by atoms with E-state index in [0.29, 0.717) is 13.2 Å². The first-order valence-electron chi connectivity index (χ1n) is 6.28. The molecule has 3 heteroatoms. The second-order valence-corrected chi connectivity index (χ2v) is 4.35. The van der Waals surface area contributed by atoms with Gasteiger partial charge < -0.3 is 4.42 Å². The van der Waals surface area contributed by atoms with Crippen molar-refractivity contribution in [3.05, 3.63) is 72.0 Å². The van der Waals surface area contributed by atoms with Crippen molar-refractivity contribution < 1.29 is 9.25 Å². The number of benzene rings is 2. The van der Waals surface area contributed by atoms with E-state index in [9.17, 15) is 0 Å². The lowest BCUT2D eigenvalue weighted by molar-refractivity contribution is 0.0204. The van der Waals surface area contributed by atoms with Gasteiger partial charge in [-0.2, -0.15) is 5.48 Å². The van der Waals surface area contributed by atoms with E-state index in [2.05, 4.69) is 5.48 Å². The van der Waals surface area contributed by atoms with Gasteiger partial charge in [0.15, 0.2) is 0 Å². The van der Waals surface area contributed by atoms with Gasteiger partial charge in [-0.3, -0.25) is 4.84 Å². The monoisotopic (exact) mass is 253 g/mol. The van der Waals surface area contributed by atoms with Gasteiger partial charge in [-0.15, -0.1) is 0 Å². The Labute approximate surface area is 111 Å². The number of hydroxylamine groups is 1. The maximum absolute atomic E-state index is 5.68. The zero-order chi connectivity index (χ0) is 12.9. The number of fused-ring (bicyclic) bond motifs is 1. The number of rotatable bonds is 5. The van der Waals surface area contributed by atoms with Crippen LogP contribution in [0.15, 0.2) is 65.1 Å². The van der Waals surface area contributed by atoms with Crippen molar-refractivity contribution in [2.75, 3.05) is 0 Å². The van der Waals surface area contributed by atoms with Crippen molar-refractivity contribution >= 4 is 11.0 Å². The van der Waals surface area contributed by atoms with Crippen LogP contribution in [0, 0.1) is 0 Å². The summed E-state index contributed by atoms with van der Waals surface area (Å²) in [7, 11) is 0. The molecule has 2 aromatic carbocycles. The first kappa shape index (κ1) is 12.0. The van der Waals surface area contributed by atoms with E-state index in [0.717, 1.165) is 22.3 Å². The third kappa shape index (κ3) is 3.02. The van der Waals surface area contributed by atoms with Crippen LogP contribution in [-0.2, 0) is 18.0 Å². The zero-order valence-corrected chi connectivity index (χ0v) is 10.5. The molecule has 0 atom stereocenters. The van der Waals surface area contributed by atoms with Gasteiger partial charge in [0.1, 0.15) is 11.3 Å². The van der Waals surface area contributed by atoms with Crippen LogP contribution in [0.3, 0.4) is 0 Å². The number of hydrogen-bond donors (Lipinski definition) is 1. The molecule has 0 aliphatic heterocycles. The molecule has 0 amide bonds. The first-order valence-corrected chi connectivity index (χ1v) is 6.28. The van der Waals surface area contributed by atoms with E-state index in [1.165, 1.54) is 0 Å². The van der Waals surface area contributed by atoms with Gasteiger partial charge in [-0.05, 0) is 17.7 Å². The smallest absolute Gasteiger partial charge is 0.134 e. The van der Waals surface area contributed by atoms with E-state index in [-0.39, 0.29) is 0 Å². The standard InChI is InChI=1S/C16H15NO2/c1-2-6-13(7-3-1)12-18-17-11-15-10-14-8-4-5-9-16(14)19-15/h1-10,17H,11-12H2. The highest BCUT2D eigenvalue weighted by Gasteiger charge is 2.02. The van der Waals surface area contributed by atoms with Crippen LogP contribution in [0.5, 0.6) is 0 Å². The number of hydrogen-bond acceptors (Lipinski definition) is 3. The highest BCUT2D eigenvalue weighted by molar-refractivity contribution is 5.77. The highest BCUT2D eigenvalue weighted by Crippen LogP contribution is 2.18. The van der Waals surface area contributed by atoms with Gasteiger partial charge in [0.05, 0.1) is 13.2 Å². The SMILES string of the molecule is c1ccc(CONCc2cc3ccccc3o2)cc1. The topological polar surface area (TPSA) is 34.4 Å². The summed E-state index contributed by atoms with van der Waals surface area (Å²) < 4.78 is 5.68. The molecule has 1 aromatic heterocycles. The molecule has 0 saturated heterocycles. The van der Waals surface area contributed by atoms with Crippen LogP contribution in [0.25, 0.3) is 11.0 Å². The van der Waals surface area contributed by atoms with Crippen molar-refractivity contribution in [3.8, 4) is 0 Å². The molecule has 96 valence electrons. The summed E-state index contributed by atoms with van der Waals surface area (Å²) >= 11 is 0. The number of nitrogens with one attached hydrogen (secondary N) is 1. The average Bonchev–Trinajstić information content (AvgIpc) is 2.87. The molecule has 0 aliphatic carbocycles. The summed E-state index contributed by atoms with van der Waals surface area (Å²) in [4.78, 5) is 5.41. The van der Waals surface area contributed by atoms with Crippen molar-refractivity contribution in [2.45, 2.75) is 13.2 Å². The third-order valence-electron chi connectivity index (χ3n) is 2.91. The molecule has 0 saturated carbocycles. The minimum Gasteiger partial charge on any atom is -0.460 e. The fraction of sp³-hybridized carbons (Fsp3) is 0.125. The first-order chi connectivity index (χ1) is 9.42. The van der Waals surface area contributed by atoms with E-state index in [1.54, 1.807) is 0 Å². The van der Waals surface area contributed by atoms with Crippen LogP contribution in [0.1, 0.15) is 11.3 Å². The molecule has 3 rings (SSSR count). The minimum absolute atomic E-state index is 0.543. The Hall–Kier alpha value is -2.10. The summed E-state index contributed by atoms with van der Waals surface area (Å²) in [6.07, 6.45) is 0. The Balaban J connectivity index is 1.52. The Morgan fingerprint density at radius 3 is 2.58 bits per heavy atom. The summed E-state index contributed by atoms with van der Waals surface area (Å²) in [5.74, 6) is 0.870. The minimum atomic E-state index is 0.543. The van der Waals surface area contributed by atoms with Crippen LogP contribution >= 0.6 is 0 Å². The van der Waals surface area contributed by atoms with E-state index in [1.807, 2.05) is 60.7 Å². The van der Waals surface area contributed by atoms with Crippen LogP contribution in [-0.4, -0.2) is 0 Å². The molecule has 1 N–H and O–H groups in total. The molecular formula is C16H15NO2. The predicted molar refractivity (Wildman–Crippen MR) is 74.3 cm³/mol.